The summed E-state index contributed by atoms with van der Waals surface area (Å²) in [6.45, 7) is 9.89. The first-order chi connectivity index (χ1) is 14.8. The van der Waals surface area contributed by atoms with Crippen molar-refractivity contribution >= 4 is 23.6 Å². The van der Waals surface area contributed by atoms with Gasteiger partial charge in [-0.3, -0.25) is 9.47 Å². The Bertz CT molecular complexity index is 988. The van der Waals surface area contributed by atoms with E-state index in [4.69, 9.17) is 16.3 Å². The van der Waals surface area contributed by atoms with Crippen LogP contribution in [0.1, 0.15) is 45.0 Å². The van der Waals surface area contributed by atoms with Gasteiger partial charge in [0.25, 0.3) is 0 Å². The standard InChI is InChI=1S/C22H29ClN6O2/c1-22(2,3)31-21(30)27-10-8-26(9-11-27)20-25-24-19-14-28(17-5-6-17)13-15-12-16(23)4-7-18(15)29(19)20/h4,7,12,17H,5-6,8-11,13-14H2,1-3H3. The van der Waals surface area contributed by atoms with Crippen molar-refractivity contribution in [2.75, 3.05) is 31.1 Å². The van der Waals surface area contributed by atoms with Crippen LogP contribution in [0.4, 0.5) is 10.7 Å². The van der Waals surface area contributed by atoms with E-state index in [1.54, 1.807) is 4.90 Å². The normalized spacial score (nSPS) is 19.6. The van der Waals surface area contributed by atoms with E-state index in [-0.39, 0.29) is 6.09 Å². The maximum absolute atomic E-state index is 12.4. The number of benzene rings is 1. The predicted octanol–water partition coefficient (Wildman–Crippen LogP) is 3.46. The van der Waals surface area contributed by atoms with Crippen molar-refractivity contribution in [2.45, 2.75) is 58.3 Å². The molecule has 0 atom stereocenters. The topological polar surface area (TPSA) is 66.7 Å². The molecule has 0 unspecified atom stereocenters. The van der Waals surface area contributed by atoms with Gasteiger partial charge in [0.2, 0.25) is 5.95 Å². The van der Waals surface area contributed by atoms with Crippen LogP contribution in [0.3, 0.4) is 0 Å². The van der Waals surface area contributed by atoms with Gasteiger partial charge in [-0.05, 0) is 57.4 Å². The first-order valence-electron chi connectivity index (χ1n) is 11.0. The molecular formula is C22H29ClN6O2. The molecule has 3 heterocycles. The number of rotatable bonds is 2. The fourth-order valence-corrected chi connectivity index (χ4v) is 4.52. The Morgan fingerprint density at radius 2 is 1.84 bits per heavy atom. The molecule has 1 aromatic carbocycles. The summed E-state index contributed by atoms with van der Waals surface area (Å²) >= 11 is 6.34. The Morgan fingerprint density at radius 3 is 2.52 bits per heavy atom. The van der Waals surface area contributed by atoms with Crippen molar-refractivity contribution < 1.29 is 9.53 Å². The van der Waals surface area contributed by atoms with Crippen LogP contribution >= 0.6 is 11.6 Å². The van der Waals surface area contributed by atoms with E-state index >= 15 is 0 Å². The number of carbonyl (C=O) groups excluding carboxylic acids is 1. The molecule has 1 amide bonds. The lowest BCUT2D eigenvalue weighted by Gasteiger charge is -2.36. The molecule has 3 aliphatic rings. The lowest BCUT2D eigenvalue weighted by Crippen LogP contribution is -2.50. The number of halogens is 1. The van der Waals surface area contributed by atoms with Crippen LogP contribution in [-0.2, 0) is 17.8 Å². The lowest BCUT2D eigenvalue weighted by molar-refractivity contribution is 0.0240. The molecule has 2 aliphatic heterocycles. The second kappa shape index (κ2) is 7.67. The largest absolute Gasteiger partial charge is 0.444 e. The summed E-state index contributed by atoms with van der Waals surface area (Å²) in [6, 6.07) is 6.68. The number of ether oxygens (including phenoxy) is 1. The van der Waals surface area contributed by atoms with Gasteiger partial charge in [0.05, 0.1) is 12.2 Å². The van der Waals surface area contributed by atoms with E-state index in [0.29, 0.717) is 32.2 Å². The number of aromatic nitrogens is 3. The Hall–Kier alpha value is -2.32. The van der Waals surface area contributed by atoms with Crippen molar-refractivity contribution in [3.8, 4) is 5.69 Å². The SMILES string of the molecule is CC(C)(C)OC(=O)N1CCN(c2nnc3n2-c2ccc(Cl)cc2CN(C2CC2)C3)CC1. The molecule has 0 spiro atoms. The number of piperazine rings is 1. The average Bonchev–Trinajstić information content (AvgIpc) is 3.49. The number of anilines is 1. The second-order valence-corrected chi connectivity index (χ2v) is 10.1. The van der Waals surface area contributed by atoms with Gasteiger partial charge in [0.1, 0.15) is 5.60 Å². The van der Waals surface area contributed by atoms with Gasteiger partial charge in [-0.25, -0.2) is 4.79 Å². The highest BCUT2D eigenvalue weighted by Crippen LogP contribution is 2.36. The Kier molecular flexibility index (Phi) is 5.09. The monoisotopic (exact) mass is 444 g/mol. The highest BCUT2D eigenvalue weighted by Gasteiger charge is 2.35. The summed E-state index contributed by atoms with van der Waals surface area (Å²) in [4.78, 5) is 18.9. The molecule has 9 heteroatoms. The minimum Gasteiger partial charge on any atom is -0.444 e. The minimum absolute atomic E-state index is 0.257. The fraction of sp³-hybridized carbons (Fsp3) is 0.591. The van der Waals surface area contributed by atoms with Gasteiger partial charge < -0.3 is 14.5 Å². The second-order valence-electron chi connectivity index (χ2n) is 9.62. The molecule has 2 fully saturated rings. The van der Waals surface area contributed by atoms with Crippen LogP contribution in [0.2, 0.25) is 5.02 Å². The van der Waals surface area contributed by atoms with Crippen LogP contribution in [0.5, 0.6) is 0 Å². The summed E-state index contributed by atoms with van der Waals surface area (Å²) in [5, 5.41) is 9.89. The van der Waals surface area contributed by atoms with Crippen molar-refractivity contribution in [2.24, 2.45) is 0 Å². The number of hydrogen-bond acceptors (Lipinski definition) is 6. The Morgan fingerprint density at radius 1 is 1.10 bits per heavy atom. The molecule has 1 saturated heterocycles. The quantitative estimate of drug-likeness (QED) is 0.706. The van der Waals surface area contributed by atoms with Gasteiger partial charge in [0, 0.05) is 43.8 Å². The van der Waals surface area contributed by atoms with Gasteiger partial charge >= 0.3 is 6.09 Å². The van der Waals surface area contributed by atoms with Crippen molar-refractivity contribution in [3.63, 3.8) is 0 Å². The van der Waals surface area contributed by atoms with E-state index in [1.165, 1.54) is 18.4 Å². The fourth-order valence-electron chi connectivity index (χ4n) is 4.33. The maximum Gasteiger partial charge on any atom is 0.410 e. The van der Waals surface area contributed by atoms with Crippen LogP contribution in [0.15, 0.2) is 18.2 Å². The number of fused-ring (bicyclic) bond motifs is 3. The zero-order valence-electron chi connectivity index (χ0n) is 18.3. The number of carbonyl (C=O) groups is 1. The molecule has 0 radical (unpaired) electrons. The van der Waals surface area contributed by atoms with Crippen molar-refractivity contribution in [3.05, 3.63) is 34.6 Å². The van der Waals surface area contributed by atoms with Gasteiger partial charge in [-0.2, -0.15) is 0 Å². The van der Waals surface area contributed by atoms with E-state index in [0.717, 1.165) is 35.6 Å². The van der Waals surface area contributed by atoms with Gasteiger partial charge in [-0.1, -0.05) is 11.6 Å². The Labute approximate surface area is 187 Å². The third-order valence-electron chi connectivity index (χ3n) is 5.99. The zero-order chi connectivity index (χ0) is 21.8. The third-order valence-corrected chi connectivity index (χ3v) is 6.23. The summed E-state index contributed by atoms with van der Waals surface area (Å²) in [7, 11) is 0. The average molecular weight is 445 g/mol. The molecule has 0 bridgehead atoms. The van der Waals surface area contributed by atoms with Crippen LogP contribution in [0, 0.1) is 0 Å². The van der Waals surface area contributed by atoms with Gasteiger partial charge in [0.15, 0.2) is 5.82 Å². The van der Waals surface area contributed by atoms with E-state index in [1.807, 2.05) is 26.8 Å². The molecule has 1 aliphatic carbocycles. The molecule has 166 valence electrons. The van der Waals surface area contributed by atoms with Crippen molar-refractivity contribution in [1.82, 2.24) is 24.6 Å². The Balaban J connectivity index is 1.40. The smallest absolute Gasteiger partial charge is 0.410 e. The van der Waals surface area contributed by atoms with Gasteiger partial charge in [-0.15, -0.1) is 10.2 Å². The van der Waals surface area contributed by atoms with E-state index in [9.17, 15) is 4.79 Å². The zero-order valence-corrected chi connectivity index (χ0v) is 19.1. The summed E-state index contributed by atoms with van der Waals surface area (Å²) < 4.78 is 7.70. The molecule has 1 saturated carbocycles. The van der Waals surface area contributed by atoms with Crippen LogP contribution in [-0.4, -0.2) is 68.5 Å². The molecule has 5 rings (SSSR count). The number of amides is 1. The third kappa shape index (κ3) is 4.23. The predicted molar refractivity (Wildman–Crippen MR) is 119 cm³/mol. The molecule has 2 aromatic rings. The van der Waals surface area contributed by atoms with E-state index in [2.05, 4.69) is 36.7 Å². The lowest BCUT2D eigenvalue weighted by atomic mass is 10.1. The molecular weight excluding hydrogens is 416 g/mol. The minimum atomic E-state index is -0.489. The van der Waals surface area contributed by atoms with Crippen LogP contribution in [0.25, 0.3) is 5.69 Å². The highest BCUT2D eigenvalue weighted by atomic mass is 35.5. The molecule has 1 aromatic heterocycles. The van der Waals surface area contributed by atoms with Crippen LogP contribution < -0.4 is 4.90 Å². The molecule has 8 nitrogen and oxygen atoms in total. The highest BCUT2D eigenvalue weighted by molar-refractivity contribution is 6.30. The van der Waals surface area contributed by atoms with Crippen molar-refractivity contribution in [1.29, 1.82) is 0 Å². The first kappa shape index (κ1) is 20.6. The summed E-state index contributed by atoms with van der Waals surface area (Å²) in [6.07, 6.45) is 2.22. The first-order valence-corrected chi connectivity index (χ1v) is 11.4. The number of hydrogen-bond donors (Lipinski definition) is 0. The maximum atomic E-state index is 12.4. The number of nitrogens with zero attached hydrogens (tertiary/aromatic N) is 6. The molecule has 0 N–H and O–H groups in total. The summed E-state index contributed by atoms with van der Waals surface area (Å²) in [5.41, 5.74) is 1.81. The summed E-state index contributed by atoms with van der Waals surface area (Å²) in [5.74, 6) is 1.79. The molecule has 31 heavy (non-hydrogen) atoms. The van der Waals surface area contributed by atoms with E-state index < -0.39 is 5.60 Å².